The Bertz CT molecular complexity index is 1240. The maximum absolute atomic E-state index is 14.8. The Morgan fingerprint density at radius 1 is 1.23 bits per heavy atom. The third kappa shape index (κ3) is 5.78. The largest absolute Gasteiger partial charge is 0.356 e. The Morgan fingerprint density at radius 2 is 2.00 bits per heavy atom. The average molecular weight is 512 g/mol. The lowest BCUT2D eigenvalue weighted by atomic mass is 9.96. The molecule has 1 aromatic heterocycles. The van der Waals surface area contributed by atoms with Crippen molar-refractivity contribution >= 4 is 54.6 Å². The molecule has 9 heteroatoms. The minimum absolute atomic E-state index is 0.157. The van der Waals surface area contributed by atoms with Gasteiger partial charge in [0.25, 0.3) is 0 Å². The molecular weight excluding hydrogens is 481 g/mol. The van der Waals surface area contributed by atoms with Gasteiger partial charge in [0, 0.05) is 53.9 Å². The van der Waals surface area contributed by atoms with Gasteiger partial charge in [0.1, 0.15) is 18.0 Å². The smallest absolute Gasteiger partial charge is 0.222 e. The maximum atomic E-state index is 14.8. The van der Waals surface area contributed by atoms with Crippen LogP contribution in [0.15, 0.2) is 51.7 Å². The number of nitrogens with zero attached hydrogens (tertiary/aromatic N) is 5. The number of hydrogen-bond acceptors (Lipinski definition) is 8. The Balaban J connectivity index is 1.58. The summed E-state index contributed by atoms with van der Waals surface area (Å²) in [6, 6.07) is 8.93. The number of fused-ring (bicyclic) bond motifs is 1. The molecule has 1 fully saturated rings. The molecule has 1 aliphatic rings. The molecule has 0 radical (unpaired) electrons. The summed E-state index contributed by atoms with van der Waals surface area (Å²) in [5.74, 6) is 2.24. The summed E-state index contributed by atoms with van der Waals surface area (Å²) in [6.07, 6.45) is 3.48. The molecule has 0 spiro atoms. The molecule has 2 aromatic carbocycles. The average Bonchev–Trinajstić information content (AvgIpc) is 2.86. The van der Waals surface area contributed by atoms with Crippen molar-refractivity contribution in [3.05, 3.63) is 48.0 Å². The predicted molar refractivity (Wildman–Crippen MR) is 148 cm³/mol. The van der Waals surface area contributed by atoms with Gasteiger partial charge in [-0.25, -0.2) is 14.4 Å². The van der Waals surface area contributed by atoms with Crippen LogP contribution in [0, 0.1) is 17.7 Å². The van der Waals surface area contributed by atoms with Crippen LogP contribution in [0.3, 0.4) is 0 Å². The first kappa shape index (κ1) is 25.4. The zero-order valence-electron chi connectivity index (χ0n) is 20.0. The number of aliphatic imine (C=N–C) groups is 1. The van der Waals surface area contributed by atoms with Crippen LogP contribution in [-0.2, 0) is 10.6 Å². The zero-order chi connectivity index (χ0) is 24.9. The van der Waals surface area contributed by atoms with Crippen molar-refractivity contribution < 1.29 is 9.23 Å². The van der Waals surface area contributed by atoms with E-state index < -0.39 is 0 Å². The summed E-state index contributed by atoms with van der Waals surface area (Å²) < 4.78 is 14.8. The van der Waals surface area contributed by atoms with E-state index in [0.717, 1.165) is 58.9 Å². The quantitative estimate of drug-likeness (QED) is 0.175. The van der Waals surface area contributed by atoms with Gasteiger partial charge in [0.15, 0.2) is 0 Å². The van der Waals surface area contributed by atoms with Gasteiger partial charge in [-0.3, -0.25) is 4.99 Å². The summed E-state index contributed by atoms with van der Waals surface area (Å²) in [7, 11) is 0. The fourth-order valence-corrected chi connectivity index (χ4v) is 5.08. The first-order chi connectivity index (χ1) is 16.9. The van der Waals surface area contributed by atoms with Crippen LogP contribution in [0.25, 0.3) is 22.0 Å². The van der Waals surface area contributed by atoms with Crippen molar-refractivity contribution in [3.63, 3.8) is 0 Å². The van der Waals surface area contributed by atoms with Gasteiger partial charge in [-0.1, -0.05) is 31.1 Å². The first-order valence-electron chi connectivity index (χ1n) is 11.7. The second-order valence-corrected chi connectivity index (χ2v) is 9.83. The van der Waals surface area contributed by atoms with Crippen molar-refractivity contribution in [1.29, 1.82) is 0 Å². The molecule has 35 heavy (non-hydrogen) atoms. The minimum atomic E-state index is -0.316. The van der Waals surface area contributed by atoms with Crippen LogP contribution in [0.5, 0.6) is 0 Å². The van der Waals surface area contributed by atoms with Crippen LogP contribution in [0.4, 0.5) is 10.2 Å². The number of hydrogen-bond donors (Lipinski definition) is 2. The van der Waals surface area contributed by atoms with Gasteiger partial charge >= 0.3 is 0 Å². The number of piperidine rings is 1. The predicted octanol–water partition coefficient (Wildman–Crippen LogP) is 6.06. The third-order valence-electron chi connectivity index (χ3n) is 6.32. The van der Waals surface area contributed by atoms with E-state index in [1.165, 1.54) is 12.1 Å². The number of aromatic nitrogens is 2. The summed E-state index contributed by atoms with van der Waals surface area (Å²) in [5, 5.41) is 4.22. The Morgan fingerprint density at radius 3 is 2.66 bits per heavy atom. The topological polar surface area (TPSA) is 63.0 Å². The first-order valence-corrected chi connectivity index (χ1v) is 12.8. The Hall–Kier alpha value is -2.65. The monoisotopic (exact) mass is 511 g/mol. The molecule has 2 heterocycles. The van der Waals surface area contributed by atoms with E-state index in [9.17, 15) is 4.39 Å². The second-order valence-electron chi connectivity index (χ2n) is 9.03. The lowest BCUT2D eigenvalue weighted by Gasteiger charge is -2.32. The highest BCUT2D eigenvalue weighted by molar-refractivity contribution is 7.81. The summed E-state index contributed by atoms with van der Waals surface area (Å²) in [5.41, 5.74) is 3.34. The zero-order valence-corrected chi connectivity index (χ0v) is 21.8. The number of thiol groups is 2. The molecule has 0 unspecified atom stereocenters. The summed E-state index contributed by atoms with van der Waals surface area (Å²) >= 11 is 8.91. The molecule has 0 saturated carbocycles. The molecule has 0 bridgehead atoms. The van der Waals surface area contributed by atoms with E-state index in [1.54, 1.807) is 6.33 Å². The number of oxime groups is 1. The number of benzene rings is 2. The van der Waals surface area contributed by atoms with Gasteiger partial charge in [-0.05, 0) is 48.1 Å². The van der Waals surface area contributed by atoms with Gasteiger partial charge in [-0.15, -0.1) is 12.6 Å². The van der Waals surface area contributed by atoms with E-state index in [-0.39, 0.29) is 11.7 Å². The highest BCUT2D eigenvalue weighted by Gasteiger charge is 2.23. The van der Waals surface area contributed by atoms with Gasteiger partial charge in [-0.2, -0.15) is 12.6 Å². The SMILES string of the molecule is C=NOC(=NCC1CCN(c2ncnc3c(-c4ccc(CS)c(S)c4)cc(F)cc23)CC1)C(C)C. The van der Waals surface area contributed by atoms with Crippen molar-refractivity contribution in [1.82, 2.24) is 9.97 Å². The summed E-state index contributed by atoms with van der Waals surface area (Å²) in [4.78, 5) is 21.9. The molecular formula is C26H30FN5OS2. The molecule has 6 nitrogen and oxygen atoms in total. The number of rotatable bonds is 7. The molecule has 1 saturated heterocycles. The molecule has 1 aliphatic heterocycles. The maximum Gasteiger partial charge on any atom is 0.222 e. The van der Waals surface area contributed by atoms with Crippen LogP contribution in [0.2, 0.25) is 0 Å². The van der Waals surface area contributed by atoms with E-state index in [4.69, 9.17) is 4.84 Å². The Labute approximate surface area is 216 Å². The number of anilines is 1. The van der Waals surface area contributed by atoms with Gasteiger partial charge < -0.3 is 9.74 Å². The Kier molecular flexibility index (Phi) is 8.28. The number of halogens is 1. The van der Waals surface area contributed by atoms with E-state index >= 15 is 0 Å². The van der Waals surface area contributed by atoms with E-state index in [1.807, 2.05) is 32.0 Å². The van der Waals surface area contributed by atoms with Crippen LogP contribution in [-0.4, -0.2) is 42.2 Å². The fourth-order valence-electron chi connectivity index (χ4n) is 4.39. The van der Waals surface area contributed by atoms with Gasteiger partial charge in [0.05, 0.1) is 5.52 Å². The fraction of sp³-hybridized carbons (Fsp3) is 0.385. The molecule has 0 atom stereocenters. The standard InChI is InChI=1S/C26H30FN5OS2/c1-16(2)26(33-28-3)29-13-17-6-8-32(9-7-17)25-22-12-20(27)11-21(24(22)30-15-31-25)18-4-5-19(14-34)23(35)10-18/h4-5,10-12,15-17,34-35H,3,6-9,13-14H2,1-2H3. The van der Waals surface area contributed by atoms with Crippen molar-refractivity contribution in [2.75, 3.05) is 24.5 Å². The minimum Gasteiger partial charge on any atom is -0.356 e. The lowest BCUT2D eigenvalue weighted by molar-refractivity contribution is 0.305. The van der Waals surface area contributed by atoms with E-state index in [0.29, 0.717) is 29.5 Å². The highest BCUT2D eigenvalue weighted by atomic mass is 32.1. The molecule has 0 aliphatic carbocycles. The molecule has 0 amide bonds. The molecule has 3 aromatic rings. The third-order valence-corrected chi connectivity index (χ3v) is 7.08. The second kappa shape index (κ2) is 11.4. The summed E-state index contributed by atoms with van der Waals surface area (Å²) in [6.45, 7) is 9.74. The normalized spacial score (nSPS) is 15.1. The van der Waals surface area contributed by atoms with E-state index in [2.05, 4.69) is 57.0 Å². The van der Waals surface area contributed by atoms with Crippen molar-refractivity contribution in [3.8, 4) is 11.1 Å². The van der Waals surface area contributed by atoms with Gasteiger partial charge in [0.2, 0.25) is 5.90 Å². The van der Waals surface area contributed by atoms with Crippen molar-refractivity contribution in [2.24, 2.45) is 22.0 Å². The molecule has 4 rings (SSSR count). The van der Waals surface area contributed by atoms with Crippen LogP contribution < -0.4 is 4.90 Å². The van der Waals surface area contributed by atoms with Crippen molar-refractivity contribution in [2.45, 2.75) is 37.3 Å². The van der Waals surface area contributed by atoms with Crippen LogP contribution >= 0.6 is 25.3 Å². The lowest BCUT2D eigenvalue weighted by Crippen LogP contribution is -2.35. The molecule has 0 N–H and O–H groups in total. The highest BCUT2D eigenvalue weighted by Crippen LogP contribution is 2.35. The van der Waals surface area contributed by atoms with Crippen LogP contribution in [0.1, 0.15) is 32.3 Å². The molecule has 184 valence electrons.